The number of aromatic nitrogens is 2. The highest BCUT2D eigenvalue weighted by atomic mass is 16.6. The van der Waals surface area contributed by atoms with Crippen LogP contribution in [0, 0.1) is 10.1 Å². The molecule has 0 bridgehead atoms. The summed E-state index contributed by atoms with van der Waals surface area (Å²) in [6, 6.07) is -0.480. The van der Waals surface area contributed by atoms with Gasteiger partial charge in [0.05, 0.1) is 18.0 Å². The first-order chi connectivity index (χ1) is 7.61. The van der Waals surface area contributed by atoms with Crippen molar-refractivity contribution in [2.45, 2.75) is 18.6 Å². The molecule has 2 atom stereocenters. The normalized spacial score (nSPS) is 24.4. The minimum atomic E-state index is -0.688. The molecular weight excluding hydrogens is 218 g/mol. The molecule has 0 aromatic carbocycles. The zero-order chi connectivity index (χ0) is 11.7. The van der Waals surface area contributed by atoms with Crippen LogP contribution in [0.5, 0.6) is 0 Å². The summed E-state index contributed by atoms with van der Waals surface area (Å²) in [5.41, 5.74) is -0.156. The quantitative estimate of drug-likeness (QED) is 0.429. The highest BCUT2D eigenvalue weighted by Gasteiger charge is 2.36. The lowest BCUT2D eigenvalue weighted by atomic mass is 10.1. The van der Waals surface area contributed by atoms with Gasteiger partial charge in [0.15, 0.2) is 0 Å². The summed E-state index contributed by atoms with van der Waals surface area (Å²) in [4.78, 5) is 20.9. The van der Waals surface area contributed by atoms with Crippen LogP contribution in [0.25, 0.3) is 0 Å². The molecule has 1 aromatic heterocycles. The van der Waals surface area contributed by atoms with Crippen LogP contribution < -0.4 is 0 Å². The van der Waals surface area contributed by atoms with E-state index in [1.165, 1.54) is 10.9 Å². The summed E-state index contributed by atoms with van der Waals surface area (Å²) in [5, 5.41) is 23.2. The minimum Gasteiger partial charge on any atom is -0.458 e. The minimum absolute atomic E-state index is 0.0596. The average Bonchev–Trinajstić information content (AvgIpc) is 2.82. The van der Waals surface area contributed by atoms with Crippen molar-refractivity contribution in [3.05, 3.63) is 22.5 Å². The lowest BCUT2D eigenvalue weighted by molar-refractivity contribution is -0.385. The Morgan fingerprint density at radius 1 is 1.75 bits per heavy atom. The van der Waals surface area contributed by atoms with Gasteiger partial charge >= 0.3 is 11.7 Å². The summed E-state index contributed by atoms with van der Waals surface area (Å²) in [6.45, 7) is -0.329. The van der Waals surface area contributed by atoms with Gasteiger partial charge in [-0.25, -0.2) is 0 Å². The Hall–Kier alpha value is -1.96. The largest absolute Gasteiger partial charge is 0.458 e. The number of hydrogen-bond acceptors (Lipinski definition) is 6. The van der Waals surface area contributed by atoms with Crippen molar-refractivity contribution in [1.82, 2.24) is 9.78 Å². The number of cyclic esters (lactones) is 1. The van der Waals surface area contributed by atoms with Gasteiger partial charge in [-0.2, -0.15) is 5.10 Å². The zero-order valence-electron chi connectivity index (χ0n) is 8.15. The lowest BCUT2D eigenvalue weighted by Gasteiger charge is -2.14. The van der Waals surface area contributed by atoms with Gasteiger partial charge in [-0.05, 0) is 0 Å². The van der Waals surface area contributed by atoms with Gasteiger partial charge in [0.2, 0.25) is 0 Å². The first-order valence-electron chi connectivity index (χ1n) is 4.60. The van der Waals surface area contributed by atoms with Gasteiger partial charge in [0.25, 0.3) is 0 Å². The highest BCUT2D eigenvalue weighted by molar-refractivity contribution is 5.72. The lowest BCUT2D eigenvalue weighted by Crippen LogP contribution is -2.24. The molecule has 0 amide bonds. The molecule has 0 saturated carbocycles. The van der Waals surface area contributed by atoms with E-state index < -0.39 is 23.0 Å². The summed E-state index contributed by atoms with van der Waals surface area (Å²) in [5.74, 6) is -0.442. The van der Waals surface area contributed by atoms with Gasteiger partial charge in [0, 0.05) is 0 Å². The fourth-order valence-corrected chi connectivity index (χ4v) is 1.62. The van der Waals surface area contributed by atoms with Crippen LogP contribution >= 0.6 is 0 Å². The van der Waals surface area contributed by atoms with Crippen LogP contribution in [-0.2, 0) is 9.53 Å². The van der Waals surface area contributed by atoms with Crippen LogP contribution in [0.3, 0.4) is 0 Å². The molecule has 1 fully saturated rings. The first-order valence-corrected chi connectivity index (χ1v) is 4.60. The number of hydrogen-bond donors (Lipinski definition) is 1. The fraction of sp³-hybridized carbons (Fsp3) is 0.500. The molecule has 16 heavy (non-hydrogen) atoms. The second kappa shape index (κ2) is 3.89. The van der Waals surface area contributed by atoms with Crippen molar-refractivity contribution >= 4 is 11.7 Å². The zero-order valence-corrected chi connectivity index (χ0v) is 8.15. The number of nitro groups is 1. The van der Waals surface area contributed by atoms with E-state index in [-0.39, 0.29) is 18.7 Å². The van der Waals surface area contributed by atoms with Gasteiger partial charge in [0.1, 0.15) is 24.5 Å². The fourth-order valence-electron chi connectivity index (χ4n) is 1.62. The van der Waals surface area contributed by atoms with E-state index in [4.69, 9.17) is 9.84 Å². The van der Waals surface area contributed by atoms with E-state index in [1.807, 2.05) is 0 Å². The number of aliphatic hydroxyl groups is 1. The number of carbonyl (C=O) groups excluding carboxylic acids is 1. The molecule has 1 aliphatic heterocycles. The van der Waals surface area contributed by atoms with Crippen molar-refractivity contribution in [3.63, 3.8) is 0 Å². The third-order valence-electron chi connectivity index (χ3n) is 2.41. The number of nitrogens with zero attached hydrogens (tertiary/aromatic N) is 3. The maximum Gasteiger partial charge on any atom is 0.308 e. The van der Waals surface area contributed by atoms with E-state index in [0.717, 1.165) is 6.20 Å². The molecule has 86 valence electrons. The van der Waals surface area contributed by atoms with Crippen LogP contribution in [-0.4, -0.2) is 38.5 Å². The molecule has 1 aromatic rings. The summed E-state index contributed by atoms with van der Waals surface area (Å²) >= 11 is 0. The molecule has 0 radical (unpaired) electrons. The smallest absolute Gasteiger partial charge is 0.308 e. The average molecular weight is 227 g/mol. The van der Waals surface area contributed by atoms with Crippen molar-refractivity contribution in [1.29, 1.82) is 0 Å². The number of esters is 1. The second-order valence-corrected chi connectivity index (χ2v) is 3.42. The van der Waals surface area contributed by atoms with Crippen molar-refractivity contribution in [2.75, 3.05) is 6.61 Å². The summed E-state index contributed by atoms with van der Waals surface area (Å²) < 4.78 is 6.11. The Morgan fingerprint density at radius 3 is 3.06 bits per heavy atom. The molecule has 2 rings (SSSR count). The van der Waals surface area contributed by atoms with Crippen LogP contribution in [0.4, 0.5) is 5.69 Å². The highest BCUT2D eigenvalue weighted by Crippen LogP contribution is 2.27. The number of ether oxygens (including phenoxy) is 1. The molecule has 1 saturated heterocycles. The van der Waals surface area contributed by atoms with E-state index in [9.17, 15) is 14.9 Å². The number of rotatable bonds is 3. The van der Waals surface area contributed by atoms with Gasteiger partial charge in [-0.15, -0.1) is 0 Å². The standard InChI is InChI=1S/C8H9N3O5/c12-4-7-6(1-8(13)16-7)10-3-5(2-9-10)11(14)15/h2-3,6-7,12H,1,4H2/t6-,7+/m0/s1. The maximum atomic E-state index is 11.0. The Labute approximate surface area is 89.6 Å². The topological polar surface area (TPSA) is 107 Å². The van der Waals surface area contributed by atoms with Gasteiger partial charge in [-0.3, -0.25) is 19.6 Å². The Kier molecular flexibility index (Phi) is 2.57. The monoisotopic (exact) mass is 227 g/mol. The molecule has 8 nitrogen and oxygen atoms in total. The van der Waals surface area contributed by atoms with E-state index in [0.29, 0.717) is 0 Å². The Balaban J connectivity index is 2.22. The van der Waals surface area contributed by atoms with Crippen LogP contribution in [0.15, 0.2) is 12.4 Å². The van der Waals surface area contributed by atoms with Crippen molar-refractivity contribution < 1.29 is 19.6 Å². The van der Waals surface area contributed by atoms with Crippen molar-refractivity contribution in [3.8, 4) is 0 Å². The van der Waals surface area contributed by atoms with Crippen molar-refractivity contribution in [2.24, 2.45) is 0 Å². The third-order valence-corrected chi connectivity index (χ3v) is 2.41. The molecule has 1 N–H and O–H groups in total. The third kappa shape index (κ3) is 1.74. The maximum absolute atomic E-state index is 11.0. The second-order valence-electron chi connectivity index (χ2n) is 3.42. The molecule has 8 heteroatoms. The molecule has 0 spiro atoms. The molecule has 2 heterocycles. The Bertz CT molecular complexity index is 429. The van der Waals surface area contributed by atoms with Crippen LogP contribution in [0.2, 0.25) is 0 Å². The molecular formula is C8H9N3O5. The number of aliphatic hydroxyl groups excluding tert-OH is 1. The predicted molar refractivity (Wildman–Crippen MR) is 49.5 cm³/mol. The molecule has 1 aliphatic rings. The summed E-state index contributed by atoms with van der Waals surface area (Å²) in [7, 11) is 0. The Morgan fingerprint density at radius 2 is 2.50 bits per heavy atom. The van der Waals surface area contributed by atoms with E-state index in [1.54, 1.807) is 0 Å². The van der Waals surface area contributed by atoms with Gasteiger partial charge < -0.3 is 9.84 Å². The molecule has 0 unspecified atom stereocenters. The summed E-state index contributed by atoms with van der Waals surface area (Å²) in [6.07, 6.45) is 1.68. The SMILES string of the molecule is O=C1C[C@H](n2cc([N+](=O)[O-])cn2)[C@@H](CO)O1. The van der Waals surface area contributed by atoms with Crippen LogP contribution in [0.1, 0.15) is 12.5 Å². The molecule has 0 aliphatic carbocycles. The van der Waals surface area contributed by atoms with Gasteiger partial charge in [-0.1, -0.05) is 0 Å². The van der Waals surface area contributed by atoms with E-state index in [2.05, 4.69) is 5.10 Å². The first kappa shape index (κ1) is 10.6. The predicted octanol–water partition coefficient (Wildman–Crippen LogP) is -0.360. The van der Waals surface area contributed by atoms with E-state index >= 15 is 0 Å². The number of carbonyl (C=O) groups is 1.